The van der Waals surface area contributed by atoms with Gasteiger partial charge in [-0.05, 0) is 25.9 Å². The molecular formula is C12H16N4OS. The van der Waals surface area contributed by atoms with Gasteiger partial charge in [-0.2, -0.15) is 0 Å². The van der Waals surface area contributed by atoms with Gasteiger partial charge in [-0.1, -0.05) is 0 Å². The molecule has 1 atom stereocenters. The fraction of sp³-hybridized carbons (Fsp3) is 0.667. The highest BCUT2D eigenvalue weighted by molar-refractivity contribution is 7.13. The van der Waals surface area contributed by atoms with Crippen LogP contribution in [0.2, 0.25) is 0 Å². The number of piperidine rings is 3. The Morgan fingerprint density at radius 1 is 1.44 bits per heavy atom. The van der Waals surface area contributed by atoms with Gasteiger partial charge >= 0.3 is 0 Å². The number of thiazole rings is 1. The highest BCUT2D eigenvalue weighted by Gasteiger charge is 2.51. The third kappa shape index (κ3) is 1.63. The second-order valence-electron chi connectivity index (χ2n) is 5.30. The van der Waals surface area contributed by atoms with Crippen LogP contribution in [0, 0.1) is 5.92 Å². The van der Waals surface area contributed by atoms with Gasteiger partial charge in [-0.3, -0.25) is 10.2 Å². The molecule has 1 unspecified atom stereocenters. The van der Waals surface area contributed by atoms with Crippen molar-refractivity contribution >= 4 is 22.5 Å². The molecule has 6 heteroatoms. The van der Waals surface area contributed by atoms with Crippen LogP contribution >= 0.6 is 11.3 Å². The van der Waals surface area contributed by atoms with Crippen molar-refractivity contribution in [1.82, 2.24) is 9.88 Å². The third-order valence-corrected chi connectivity index (χ3v) is 4.95. The van der Waals surface area contributed by atoms with Crippen LogP contribution in [0.1, 0.15) is 12.8 Å². The van der Waals surface area contributed by atoms with Crippen LogP contribution in [0.25, 0.3) is 0 Å². The lowest BCUT2D eigenvalue weighted by molar-refractivity contribution is -0.0829. The molecule has 3 fully saturated rings. The van der Waals surface area contributed by atoms with Crippen LogP contribution in [-0.2, 0) is 4.74 Å². The number of nitrogens with zero attached hydrogens (tertiary/aromatic N) is 3. The van der Waals surface area contributed by atoms with Crippen molar-refractivity contribution in [3.63, 3.8) is 0 Å². The molecule has 4 aliphatic rings. The number of rotatable bonds is 1. The van der Waals surface area contributed by atoms with Gasteiger partial charge in [-0.15, -0.1) is 11.3 Å². The van der Waals surface area contributed by atoms with E-state index < -0.39 is 0 Å². The Hall–Kier alpha value is -1.14. The summed E-state index contributed by atoms with van der Waals surface area (Å²) >= 11 is 1.57. The maximum atomic E-state index is 6.16. The predicted octanol–water partition coefficient (Wildman–Crippen LogP) is 1.41. The van der Waals surface area contributed by atoms with E-state index in [9.17, 15) is 0 Å². The number of anilines is 1. The topological polar surface area (TPSA) is 49.8 Å². The zero-order chi connectivity index (χ0) is 12.0. The highest BCUT2D eigenvalue weighted by atomic mass is 32.1. The normalized spacial score (nSPS) is 37.7. The van der Waals surface area contributed by atoms with E-state index in [1.165, 1.54) is 25.9 Å². The Balaban J connectivity index is 1.48. The van der Waals surface area contributed by atoms with Crippen molar-refractivity contribution in [3.8, 4) is 0 Å². The molecule has 1 N–H and O–H groups in total. The smallest absolute Gasteiger partial charge is 0.291 e. The molecule has 0 aliphatic carbocycles. The summed E-state index contributed by atoms with van der Waals surface area (Å²) in [6.45, 7) is 4.28. The summed E-state index contributed by atoms with van der Waals surface area (Å²) in [6, 6.07) is 0.652. The Bertz CT molecular complexity index is 466. The van der Waals surface area contributed by atoms with Crippen LogP contribution in [-0.4, -0.2) is 47.7 Å². The molecule has 5 nitrogen and oxygen atoms in total. The predicted molar refractivity (Wildman–Crippen MR) is 71.0 cm³/mol. The van der Waals surface area contributed by atoms with Crippen molar-refractivity contribution in [3.05, 3.63) is 11.6 Å². The molecule has 2 bridgehead atoms. The largest absolute Gasteiger partial charge is 0.455 e. The Labute approximate surface area is 110 Å². The van der Waals surface area contributed by atoms with Gasteiger partial charge in [-0.25, -0.2) is 9.98 Å². The maximum absolute atomic E-state index is 6.16. The standard InChI is InChI=1S/C12H16N4OS/c1-4-16-5-2-9(1)12(8-16)7-14-10(17-12)15-11-13-3-6-18-11/h3,6,9H,1-2,4-5,7-8H2,(H,13,14,15). The van der Waals surface area contributed by atoms with E-state index in [0.717, 1.165) is 18.2 Å². The van der Waals surface area contributed by atoms with Gasteiger partial charge in [0.25, 0.3) is 6.02 Å². The quantitative estimate of drug-likeness (QED) is 0.833. The lowest BCUT2D eigenvalue weighted by Crippen LogP contribution is -2.61. The van der Waals surface area contributed by atoms with Crippen LogP contribution in [0.15, 0.2) is 16.6 Å². The number of hydrogen-bond donors (Lipinski definition) is 1. The summed E-state index contributed by atoms with van der Waals surface area (Å²) in [4.78, 5) is 11.2. The number of nitrogens with one attached hydrogen (secondary N) is 1. The summed E-state index contributed by atoms with van der Waals surface area (Å²) < 4.78 is 6.16. The molecule has 0 aromatic carbocycles. The number of aliphatic imine (C=N–C) groups is 1. The summed E-state index contributed by atoms with van der Waals surface area (Å²) in [5.74, 6) is 0.668. The van der Waals surface area contributed by atoms with Crippen molar-refractivity contribution in [2.75, 3.05) is 31.5 Å². The van der Waals surface area contributed by atoms with E-state index >= 15 is 0 Å². The second-order valence-corrected chi connectivity index (χ2v) is 6.20. The SMILES string of the molecule is c1csc(NC2=NCC3(CN4CCC3CC4)O2)n1. The maximum Gasteiger partial charge on any atom is 0.291 e. The molecule has 0 radical (unpaired) electrons. The minimum absolute atomic E-state index is 0.0594. The number of ether oxygens (including phenoxy) is 1. The van der Waals surface area contributed by atoms with Gasteiger partial charge in [0.1, 0.15) is 5.60 Å². The number of aromatic nitrogens is 1. The van der Waals surface area contributed by atoms with Crippen LogP contribution in [0.3, 0.4) is 0 Å². The molecule has 1 spiro atoms. The zero-order valence-electron chi connectivity index (χ0n) is 10.1. The summed E-state index contributed by atoms with van der Waals surface area (Å²) in [5, 5.41) is 5.97. The fourth-order valence-electron chi connectivity index (χ4n) is 3.32. The van der Waals surface area contributed by atoms with E-state index in [-0.39, 0.29) is 5.60 Å². The molecule has 5 rings (SSSR count). The number of amidine groups is 1. The minimum Gasteiger partial charge on any atom is -0.455 e. The van der Waals surface area contributed by atoms with E-state index in [1.54, 1.807) is 17.5 Å². The lowest BCUT2D eigenvalue weighted by Gasteiger charge is -2.50. The summed E-state index contributed by atoms with van der Waals surface area (Å²) in [6.07, 6.45) is 4.28. The Morgan fingerprint density at radius 2 is 2.33 bits per heavy atom. The molecule has 18 heavy (non-hydrogen) atoms. The number of hydrogen-bond acceptors (Lipinski definition) is 6. The van der Waals surface area contributed by atoms with Crippen LogP contribution in [0.5, 0.6) is 0 Å². The van der Waals surface area contributed by atoms with Gasteiger partial charge in [0.05, 0.1) is 6.54 Å². The molecule has 1 aromatic rings. The fourth-order valence-corrected chi connectivity index (χ4v) is 3.84. The first-order valence-corrected chi connectivity index (χ1v) is 7.34. The van der Waals surface area contributed by atoms with Gasteiger partial charge in [0.2, 0.25) is 0 Å². The van der Waals surface area contributed by atoms with E-state index in [0.29, 0.717) is 11.9 Å². The molecular weight excluding hydrogens is 248 g/mol. The van der Waals surface area contributed by atoms with Crippen molar-refractivity contribution in [1.29, 1.82) is 0 Å². The summed E-state index contributed by atoms with van der Waals surface area (Å²) in [5.41, 5.74) is -0.0594. The monoisotopic (exact) mass is 264 g/mol. The molecule has 4 aliphatic heterocycles. The zero-order valence-corrected chi connectivity index (χ0v) is 10.9. The second kappa shape index (κ2) is 3.93. The summed E-state index contributed by atoms with van der Waals surface area (Å²) in [7, 11) is 0. The van der Waals surface area contributed by atoms with Crippen molar-refractivity contribution in [2.45, 2.75) is 18.4 Å². The van der Waals surface area contributed by atoms with E-state index in [1.807, 2.05) is 5.38 Å². The molecule has 0 amide bonds. The van der Waals surface area contributed by atoms with Gasteiger partial charge in [0.15, 0.2) is 5.13 Å². The molecule has 96 valence electrons. The van der Waals surface area contributed by atoms with E-state index in [4.69, 9.17) is 4.74 Å². The first-order valence-electron chi connectivity index (χ1n) is 6.46. The highest BCUT2D eigenvalue weighted by Crippen LogP contribution is 2.40. The van der Waals surface area contributed by atoms with Crippen LogP contribution < -0.4 is 5.32 Å². The van der Waals surface area contributed by atoms with E-state index in [2.05, 4.69) is 20.2 Å². The van der Waals surface area contributed by atoms with Crippen molar-refractivity contribution < 1.29 is 4.74 Å². The first-order chi connectivity index (χ1) is 8.84. The molecule has 0 saturated carbocycles. The minimum atomic E-state index is -0.0594. The van der Waals surface area contributed by atoms with Gasteiger partial charge < -0.3 is 4.74 Å². The first kappa shape index (κ1) is 10.8. The average Bonchev–Trinajstić information content (AvgIpc) is 3.02. The van der Waals surface area contributed by atoms with Gasteiger partial charge in [0, 0.05) is 24.0 Å². The molecule has 5 heterocycles. The molecule has 1 aromatic heterocycles. The average molecular weight is 264 g/mol. The Kier molecular flexibility index (Phi) is 2.35. The molecule has 3 saturated heterocycles. The lowest BCUT2D eigenvalue weighted by atomic mass is 9.75. The number of fused-ring (bicyclic) bond motifs is 2. The van der Waals surface area contributed by atoms with Crippen LogP contribution in [0.4, 0.5) is 5.13 Å². The Morgan fingerprint density at radius 3 is 3.00 bits per heavy atom. The van der Waals surface area contributed by atoms with Crippen molar-refractivity contribution in [2.24, 2.45) is 10.9 Å². The third-order valence-electron chi connectivity index (χ3n) is 4.26.